The lowest BCUT2D eigenvalue weighted by atomic mass is 9.83. The number of hydrogen-bond donors (Lipinski definition) is 5. The summed E-state index contributed by atoms with van der Waals surface area (Å²) >= 11 is 0. The summed E-state index contributed by atoms with van der Waals surface area (Å²) in [7, 11) is 1.70. The molecule has 2 rings (SSSR count). The standard InChI is InChI=1S/C37H62N6O7/c1-14-16-24(29(45)33(48)38-17-15-2)39-32(47)27-21(5)23(20(3)4)18-43(27)34(49)31(37(10,11)12)41-35(50)40-25(36(7,8)9)19-42(13)26-22(6)28(44)30(26)46/h15,20-21,23-25,27,31-32,39,47H,2,14,16-19H2,1,3-13H3,(H,38,48)(H2,40,41,50)/t21?,23-,24?,25-,27+,31-,32?/m1/s1. The van der Waals surface area contributed by atoms with Crippen LogP contribution in [0.2, 0.25) is 0 Å². The van der Waals surface area contributed by atoms with E-state index in [1.165, 1.54) is 6.08 Å². The molecule has 1 aromatic carbocycles. The second-order valence-electron chi connectivity index (χ2n) is 16.4. The third kappa shape index (κ3) is 10.0. The van der Waals surface area contributed by atoms with Crippen LogP contribution in [0.25, 0.3) is 0 Å². The highest BCUT2D eigenvalue weighted by molar-refractivity contribution is 6.38. The van der Waals surface area contributed by atoms with E-state index in [0.717, 1.165) is 0 Å². The number of carbonyl (C=O) groups excluding carboxylic acids is 4. The van der Waals surface area contributed by atoms with E-state index in [1.807, 2.05) is 55.4 Å². The second kappa shape index (κ2) is 17.1. The molecule has 7 atom stereocenters. The van der Waals surface area contributed by atoms with E-state index in [2.05, 4.69) is 41.7 Å². The van der Waals surface area contributed by atoms with Gasteiger partial charge in [-0.25, -0.2) is 4.79 Å². The molecule has 13 heteroatoms. The first kappa shape index (κ1) is 42.6. The Hall–Kier alpha value is -3.58. The van der Waals surface area contributed by atoms with E-state index >= 15 is 0 Å². The van der Waals surface area contributed by atoms with Crippen molar-refractivity contribution in [2.45, 2.75) is 119 Å². The van der Waals surface area contributed by atoms with Gasteiger partial charge in [-0.05, 0) is 41.9 Å². The normalized spacial score (nSPS) is 20.6. The van der Waals surface area contributed by atoms with Crippen LogP contribution >= 0.6 is 0 Å². The summed E-state index contributed by atoms with van der Waals surface area (Å²) in [6.45, 7) is 25.2. The van der Waals surface area contributed by atoms with E-state index in [1.54, 1.807) is 23.8 Å². The number of aliphatic hydroxyl groups excluding tert-OH is 1. The number of ketones is 1. The summed E-state index contributed by atoms with van der Waals surface area (Å²) in [5.41, 5.74) is -1.53. The van der Waals surface area contributed by atoms with Crippen LogP contribution in [0, 0.1) is 35.5 Å². The summed E-state index contributed by atoms with van der Waals surface area (Å²) < 4.78 is 0. The Labute approximate surface area is 297 Å². The maximum Gasteiger partial charge on any atom is 0.315 e. The lowest BCUT2D eigenvalue weighted by Gasteiger charge is -2.39. The molecule has 1 heterocycles. The van der Waals surface area contributed by atoms with Crippen LogP contribution in [-0.4, -0.2) is 90.7 Å². The SMILES string of the molecule is C=CCNC(=O)C(=O)C(CCC)NC(O)[C@@H]1C(C)[C@@H](C(C)C)CN1C(=O)[C@@H](NC(=O)N[C@H](CN(C)c1c(C)c(=O)c1=O)C(C)(C)C)C(C)(C)C. The number of nitrogens with one attached hydrogen (secondary N) is 4. The Morgan fingerprint density at radius 3 is 2.12 bits per heavy atom. The van der Waals surface area contributed by atoms with Crippen molar-refractivity contribution >= 4 is 29.3 Å². The average molecular weight is 703 g/mol. The molecule has 1 aromatic rings. The lowest BCUT2D eigenvalue weighted by molar-refractivity contribution is -0.142. The molecule has 1 saturated heterocycles. The quantitative estimate of drug-likeness (QED) is 0.0982. The van der Waals surface area contributed by atoms with Gasteiger partial charge >= 0.3 is 6.03 Å². The first-order valence-corrected chi connectivity index (χ1v) is 17.7. The van der Waals surface area contributed by atoms with Crippen LogP contribution in [0.15, 0.2) is 22.2 Å². The summed E-state index contributed by atoms with van der Waals surface area (Å²) in [5.74, 6) is -1.85. The van der Waals surface area contributed by atoms with Crippen LogP contribution in [0.3, 0.4) is 0 Å². The first-order chi connectivity index (χ1) is 23.0. The molecule has 0 saturated carbocycles. The summed E-state index contributed by atoms with van der Waals surface area (Å²) in [4.78, 5) is 81.2. The van der Waals surface area contributed by atoms with Gasteiger partial charge in [-0.2, -0.15) is 0 Å². The largest absolute Gasteiger partial charge is 0.376 e. The number of aliphatic hydroxyl groups is 1. The minimum absolute atomic E-state index is 0.0192. The van der Waals surface area contributed by atoms with E-state index in [9.17, 15) is 33.9 Å². The van der Waals surface area contributed by atoms with Crippen molar-refractivity contribution < 1.29 is 24.3 Å². The van der Waals surface area contributed by atoms with Crippen LogP contribution < -0.4 is 37.0 Å². The molecule has 4 amide bonds. The van der Waals surface area contributed by atoms with Gasteiger partial charge in [0.25, 0.3) is 5.91 Å². The highest BCUT2D eigenvalue weighted by Crippen LogP contribution is 2.37. The smallest absolute Gasteiger partial charge is 0.315 e. The fraction of sp³-hybridized carbons (Fsp3) is 0.730. The summed E-state index contributed by atoms with van der Waals surface area (Å²) in [6, 6.07) is -3.76. The number of nitrogens with zero attached hydrogens (tertiary/aromatic N) is 2. The minimum Gasteiger partial charge on any atom is -0.376 e. The predicted molar refractivity (Wildman–Crippen MR) is 197 cm³/mol. The molecule has 0 bridgehead atoms. The number of amides is 4. The maximum atomic E-state index is 14.5. The first-order valence-electron chi connectivity index (χ1n) is 17.7. The molecule has 0 spiro atoms. The van der Waals surface area contributed by atoms with Crippen molar-refractivity contribution in [2.24, 2.45) is 28.6 Å². The van der Waals surface area contributed by atoms with Crippen molar-refractivity contribution in [3.05, 3.63) is 38.7 Å². The van der Waals surface area contributed by atoms with Gasteiger partial charge in [0.1, 0.15) is 12.3 Å². The molecule has 50 heavy (non-hydrogen) atoms. The number of likely N-dealkylation sites (N-methyl/N-ethyl adjacent to an activating group) is 1. The van der Waals surface area contributed by atoms with Gasteiger partial charge in [-0.15, -0.1) is 6.58 Å². The molecule has 3 unspecified atom stereocenters. The number of urea groups is 1. The number of likely N-dealkylation sites (tertiary alicyclic amines) is 1. The Morgan fingerprint density at radius 1 is 1.04 bits per heavy atom. The molecule has 5 N–H and O–H groups in total. The fourth-order valence-corrected chi connectivity index (χ4v) is 6.86. The molecule has 0 aromatic heterocycles. The van der Waals surface area contributed by atoms with Crippen LogP contribution in [0.4, 0.5) is 10.5 Å². The Kier molecular flexibility index (Phi) is 14.6. The van der Waals surface area contributed by atoms with E-state index in [-0.39, 0.29) is 36.8 Å². The molecular formula is C37H62N6O7. The summed E-state index contributed by atoms with van der Waals surface area (Å²) in [6.07, 6.45) is 1.01. The van der Waals surface area contributed by atoms with Gasteiger partial charge in [0.2, 0.25) is 22.5 Å². The van der Waals surface area contributed by atoms with Gasteiger partial charge < -0.3 is 30.9 Å². The molecule has 1 aliphatic heterocycles. The highest BCUT2D eigenvalue weighted by atomic mass is 16.3. The van der Waals surface area contributed by atoms with Gasteiger partial charge in [-0.3, -0.25) is 29.3 Å². The molecule has 0 aliphatic carbocycles. The molecule has 1 aliphatic rings. The minimum atomic E-state index is -1.33. The number of rotatable bonds is 16. The second-order valence-corrected chi connectivity index (χ2v) is 16.4. The van der Waals surface area contributed by atoms with Crippen molar-refractivity contribution in [3.8, 4) is 0 Å². The predicted octanol–water partition coefficient (Wildman–Crippen LogP) is 2.22. The Bertz CT molecular complexity index is 1450. The Balaban J connectivity index is 2.37. The van der Waals surface area contributed by atoms with E-state index in [0.29, 0.717) is 30.6 Å². The van der Waals surface area contributed by atoms with Crippen molar-refractivity contribution in [3.63, 3.8) is 0 Å². The van der Waals surface area contributed by atoms with Crippen molar-refractivity contribution in [1.29, 1.82) is 0 Å². The number of Topliss-reactive ketones (excluding diaryl/α,β-unsaturated/α-hetero) is 1. The van der Waals surface area contributed by atoms with E-state index in [4.69, 9.17) is 0 Å². The number of anilines is 1. The van der Waals surface area contributed by atoms with Gasteiger partial charge in [-0.1, -0.05) is 81.7 Å². The van der Waals surface area contributed by atoms with Crippen molar-refractivity contribution in [1.82, 2.24) is 26.2 Å². The number of carbonyl (C=O) groups is 4. The third-order valence-electron chi connectivity index (χ3n) is 10.0. The van der Waals surface area contributed by atoms with E-state index < -0.39 is 69.8 Å². The lowest BCUT2D eigenvalue weighted by Crippen LogP contribution is -2.63. The Morgan fingerprint density at radius 2 is 1.64 bits per heavy atom. The van der Waals surface area contributed by atoms with Crippen molar-refractivity contribution in [2.75, 3.05) is 31.6 Å². The molecule has 13 nitrogen and oxygen atoms in total. The zero-order chi connectivity index (χ0) is 38.5. The zero-order valence-electron chi connectivity index (χ0n) is 32.2. The number of hydrogen-bond acceptors (Lipinski definition) is 9. The topological polar surface area (TPSA) is 177 Å². The molecule has 1 fully saturated rings. The van der Waals surface area contributed by atoms with Gasteiger partial charge in [0, 0.05) is 32.2 Å². The average Bonchev–Trinajstić information content (AvgIpc) is 3.37. The molecule has 282 valence electrons. The third-order valence-corrected chi connectivity index (χ3v) is 10.0. The summed E-state index contributed by atoms with van der Waals surface area (Å²) in [5, 5.41) is 23.1. The van der Waals surface area contributed by atoms with Crippen LogP contribution in [0.5, 0.6) is 0 Å². The fourth-order valence-electron chi connectivity index (χ4n) is 6.86. The monoisotopic (exact) mass is 702 g/mol. The maximum absolute atomic E-state index is 14.5. The van der Waals surface area contributed by atoms with Gasteiger partial charge in [0.15, 0.2) is 0 Å². The van der Waals surface area contributed by atoms with Crippen LogP contribution in [0.1, 0.15) is 87.6 Å². The molecular weight excluding hydrogens is 640 g/mol. The highest BCUT2D eigenvalue weighted by Gasteiger charge is 2.50. The zero-order valence-corrected chi connectivity index (χ0v) is 32.2. The van der Waals surface area contributed by atoms with Crippen LogP contribution in [-0.2, 0) is 14.4 Å². The molecule has 0 radical (unpaired) electrons. The van der Waals surface area contributed by atoms with Gasteiger partial charge in [0.05, 0.1) is 23.8 Å².